The highest BCUT2D eigenvalue weighted by Gasteiger charge is 2.21. The van der Waals surface area contributed by atoms with Crippen molar-refractivity contribution < 1.29 is 4.74 Å². The van der Waals surface area contributed by atoms with Crippen molar-refractivity contribution in [3.8, 4) is 0 Å². The summed E-state index contributed by atoms with van der Waals surface area (Å²) in [6, 6.07) is 0. The molecule has 0 aromatic carbocycles. The van der Waals surface area contributed by atoms with E-state index in [1.165, 1.54) is 0 Å². The Morgan fingerprint density at radius 2 is 2.35 bits per heavy atom. The Balaban J connectivity index is 1.97. The van der Waals surface area contributed by atoms with Gasteiger partial charge in [-0.2, -0.15) is 0 Å². The van der Waals surface area contributed by atoms with E-state index >= 15 is 0 Å². The van der Waals surface area contributed by atoms with E-state index in [9.17, 15) is 0 Å². The van der Waals surface area contributed by atoms with E-state index < -0.39 is 5.54 Å². The van der Waals surface area contributed by atoms with E-state index in [2.05, 4.69) is 22.3 Å². The van der Waals surface area contributed by atoms with Crippen LogP contribution in [-0.4, -0.2) is 52.7 Å². The van der Waals surface area contributed by atoms with Crippen molar-refractivity contribution in [1.29, 1.82) is 0 Å². The number of aromatic nitrogens is 3. The summed E-state index contributed by atoms with van der Waals surface area (Å²) in [5.74, 6) is 0. The van der Waals surface area contributed by atoms with Crippen LogP contribution >= 0.6 is 0 Å². The zero-order valence-corrected chi connectivity index (χ0v) is 10.8. The quantitative estimate of drug-likeness (QED) is 0.791. The first-order valence-electron chi connectivity index (χ1n) is 5.95. The Bertz CT molecular complexity index is 370. The van der Waals surface area contributed by atoms with Gasteiger partial charge in [0.15, 0.2) is 0 Å². The number of hydrogen-bond donors (Lipinski definition) is 1. The molecule has 96 valence electrons. The largest absolute Gasteiger partial charge is 0.374 e. The van der Waals surface area contributed by atoms with Crippen LogP contribution in [0.5, 0.6) is 0 Å². The van der Waals surface area contributed by atoms with Crippen LogP contribution in [0.2, 0.25) is 0 Å². The number of ether oxygens (including phenoxy) is 1. The lowest BCUT2D eigenvalue weighted by atomic mass is 10.0. The number of likely N-dealkylation sites (N-methyl/N-ethyl adjacent to an activating group) is 1. The van der Waals surface area contributed by atoms with Gasteiger partial charge in [0.25, 0.3) is 0 Å². The van der Waals surface area contributed by atoms with E-state index in [-0.39, 0.29) is 6.10 Å². The molecule has 0 amide bonds. The fourth-order valence-corrected chi connectivity index (χ4v) is 1.87. The van der Waals surface area contributed by atoms with Gasteiger partial charge in [-0.1, -0.05) is 5.21 Å². The average Bonchev–Trinajstić information content (AvgIpc) is 2.65. The first-order chi connectivity index (χ1) is 7.95. The number of nitrogens with zero attached hydrogens (tertiary/aromatic N) is 4. The third-order valence-corrected chi connectivity index (χ3v) is 2.93. The predicted molar refractivity (Wildman–Crippen MR) is 64.5 cm³/mol. The fraction of sp³-hybridized carbons (Fsp3) is 0.818. The molecule has 1 saturated heterocycles. The van der Waals surface area contributed by atoms with Gasteiger partial charge in [0.1, 0.15) is 5.69 Å². The summed E-state index contributed by atoms with van der Waals surface area (Å²) in [5.41, 5.74) is 6.34. The molecule has 1 fully saturated rings. The molecule has 1 aliphatic heterocycles. The highest BCUT2D eigenvalue weighted by molar-refractivity contribution is 5.05. The molecule has 1 aliphatic rings. The molecular formula is C11H21N5O. The van der Waals surface area contributed by atoms with Gasteiger partial charge in [-0.15, -0.1) is 5.10 Å². The van der Waals surface area contributed by atoms with Gasteiger partial charge >= 0.3 is 0 Å². The first kappa shape index (κ1) is 12.5. The molecule has 1 aromatic heterocycles. The Hall–Kier alpha value is -0.980. The molecule has 1 atom stereocenters. The van der Waals surface area contributed by atoms with Crippen LogP contribution < -0.4 is 5.73 Å². The zero-order valence-electron chi connectivity index (χ0n) is 10.8. The van der Waals surface area contributed by atoms with E-state index in [0.717, 1.165) is 31.9 Å². The predicted octanol–water partition coefficient (Wildman–Crippen LogP) is -0.197. The van der Waals surface area contributed by atoms with Gasteiger partial charge in [-0.3, -0.25) is 0 Å². The van der Waals surface area contributed by atoms with Crippen LogP contribution in [-0.2, 0) is 16.8 Å². The Labute approximate surface area is 102 Å². The lowest BCUT2D eigenvalue weighted by molar-refractivity contribution is -0.0292. The minimum atomic E-state index is -0.442. The molecule has 1 unspecified atom stereocenters. The van der Waals surface area contributed by atoms with E-state index in [4.69, 9.17) is 10.5 Å². The minimum absolute atomic E-state index is 0.184. The molecule has 0 aliphatic carbocycles. The molecule has 0 spiro atoms. The molecule has 2 N–H and O–H groups in total. The third kappa shape index (κ3) is 3.24. The second-order valence-electron chi connectivity index (χ2n) is 5.30. The summed E-state index contributed by atoms with van der Waals surface area (Å²) in [6.45, 7) is 7.28. The fourth-order valence-electron chi connectivity index (χ4n) is 1.87. The highest BCUT2D eigenvalue weighted by Crippen LogP contribution is 2.13. The minimum Gasteiger partial charge on any atom is -0.374 e. The van der Waals surface area contributed by atoms with E-state index in [0.29, 0.717) is 0 Å². The summed E-state index contributed by atoms with van der Waals surface area (Å²) in [7, 11) is 2.10. The van der Waals surface area contributed by atoms with Crippen molar-refractivity contribution in [2.24, 2.45) is 5.73 Å². The van der Waals surface area contributed by atoms with E-state index in [1.54, 1.807) is 0 Å². The van der Waals surface area contributed by atoms with Gasteiger partial charge < -0.3 is 15.4 Å². The van der Waals surface area contributed by atoms with Gasteiger partial charge in [-0.05, 0) is 20.9 Å². The van der Waals surface area contributed by atoms with Crippen molar-refractivity contribution in [2.75, 3.05) is 26.7 Å². The Morgan fingerprint density at radius 1 is 1.59 bits per heavy atom. The summed E-state index contributed by atoms with van der Waals surface area (Å²) in [5, 5.41) is 8.18. The maximum absolute atomic E-state index is 5.97. The van der Waals surface area contributed by atoms with Crippen molar-refractivity contribution in [1.82, 2.24) is 19.9 Å². The Morgan fingerprint density at radius 3 is 2.94 bits per heavy atom. The molecule has 17 heavy (non-hydrogen) atoms. The molecule has 0 radical (unpaired) electrons. The third-order valence-electron chi connectivity index (χ3n) is 2.93. The maximum atomic E-state index is 5.97. The second kappa shape index (κ2) is 4.72. The lowest BCUT2D eigenvalue weighted by Gasteiger charge is -2.29. The van der Waals surface area contributed by atoms with Crippen LogP contribution in [0.4, 0.5) is 0 Å². The summed E-state index contributed by atoms with van der Waals surface area (Å²) in [4.78, 5) is 2.26. The standard InChI is InChI=1S/C11H21N5O/c1-11(2,12)10-8-16(14-13-10)7-9-6-15(3)4-5-17-9/h8-9H,4-7,12H2,1-3H3. The van der Waals surface area contributed by atoms with Gasteiger partial charge in [-0.25, -0.2) is 4.68 Å². The second-order valence-corrected chi connectivity index (χ2v) is 5.30. The molecule has 1 aromatic rings. The smallest absolute Gasteiger partial charge is 0.102 e. The van der Waals surface area contributed by atoms with Crippen LogP contribution in [0.15, 0.2) is 6.20 Å². The van der Waals surface area contributed by atoms with Crippen LogP contribution in [0, 0.1) is 0 Å². The number of morpholine rings is 1. The SMILES string of the molecule is CN1CCOC(Cn2cc(C(C)(C)N)nn2)C1. The summed E-state index contributed by atoms with van der Waals surface area (Å²) >= 11 is 0. The van der Waals surface area contributed by atoms with Crippen molar-refractivity contribution in [3.63, 3.8) is 0 Å². The topological polar surface area (TPSA) is 69.2 Å². The Kier molecular flexibility index (Phi) is 3.46. The van der Waals surface area contributed by atoms with Crippen molar-refractivity contribution >= 4 is 0 Å². The van der Waals surface area contributed by atoms with Gasteiger partial charge in [0.05, 0.1) is 31.0 Å². The number of rotatable bonds is 3. The van der Waals surface area contributed by atoms with Gasteiger partial charge in [0, 0.05) is 13.1 Å². The summed E-state index contributed by atoms with van der Waals surface area (Å²) in [6.07, 6.45) is 2.09. The first-order valence-corrected chi connectivity index (χ1v) is 5.95. The average molecular weight is 239 g/mol. The number of hydrogen-bond acceptors (Lipinski definition) is 5. The molecule has 2 heterocycles. The normalized spacial score (nSPS) is 22.9. The monoisotopic (exact) mass is 239 g/mol. The van der Waals surface area contributed by atoms with E-state index in [1.807, 2.05) is 24.7 Å². The van der Waals surface area contributed by atoms with Gasteiger partial charge in [0.2, 0.25) is 0 Å². The molecular weight excluding hydrogens is 218 g/mol. The molecule has 0 bridgehead atoms. The molecule has 6 nitrogen and oxygen atoms in total. The molecule has 2 rings (SSSR count). The molecule has 6 heteroatoms. The number of nitrogens with two attached hydrogens (primary N) is 1. The van der Waals surface area contributed by atoms with Crippen LogP contribution in [0.25, 0.3) is 0 Å². The summed E-state index contributed by atoms with van der Waals surface area (Å²) < 4.78 is 7.50. The lowest BCUT2D eigenvalue weighted by Crippen LogP contribution is -2.42. The zero-order chi connectivity index (χ0) is 12.5. The molecule has 0 saturated carbocycles. The van der Waals surface area contributed by atoms with Crippen LogP contribution in [0.1, 0.15) is 19.5 Å². The van der Waals surface area contributed by atoms with Crippen molar-refractivity contribution in [3.05, 3.63) is 11.9 Å². The highest BCUT2D eigenvalue weighted by atomic mass is 16.5. The van der Waals surface area contributed by atoms with Crippen LogP contribution in [0.3, 0.4) is 0 Å². The van der Waals surface area contributed by atoms with Crippen molar-refractivity contribution in [2.45, 2.75) is 32.0 Å². The maximum Gasteiger partial charge on any atom is 0.102 e.